The third kappa shape index (κ3) is 6.06. The zero-order valence-electron chi connectivity index (χ0n) is 30.8. The van der Waals surface area contributed by atoms with Gasteiger partial charge in [0.25, 0.3) is 0 Å². The summed E-state index contributed by atoms with van der Waals surface area (Å²) in [5.41, 5.74) is 11.8. The van der Waals surface area contributed by atoms with E-state index in [1.54, 1.807) is 0 Å². The largest absolute Gasteiger partial charge is 0.308 e. The van der Waals surface area contributed by atoms with Gasteiger partial charge in [-0.2, -0.15) is 0 Å². The third-order valence-corrected chi connectivity index (χ3v) is 10.2. The van der Waals surface area contributed by atoms with E-state index < -0.39 is 0 Å². The van der Waals surface area contributed by atoms with E-state index >= 15 is 0 Å². The molecule has 0 unspecified atom stereocenters. The highest BCUT2D eigenvalue weighted by Gasteiger charge is 2.20. The molecule has 0 fully saturated rings. The van der Waals surface area contributed by atoms with E-state index in [9.17, 15) is 1.37 Å². The molecule has 258 valence electrons. The SMILES string of the molecule is [2H]c1cc(-c2nc(-c3ccc(-c4ccccc4)cc3)nc(-c3ccc(-c4ccccc4)cc3)n2)c(-n2c3ccccc3c3ccccc32)cc1-c1ccccc1. The first kappa shape index (κ1) is 31.1. The van der Waals surface area contributed by atoms with Gasteiger partial charge in [-0.1, -0.05) is 182 Å². The smallest absolute Gasteiger partial charge is 0.166 e. The molecule has 10 aromatic rings. The van der Waals surface area contributed by atoms with Gasteiger partial charge in [0.2, 0.25) is 0 Å². The molecular weight excluding hydrogens is 669 g/mol. The fraction of sp³-hybridized carbons (Fsp3) is 0. The number of para-hydroxylation sites is 2. The van der Waals surface area contributed by atoms with Gasteiger partial charge in [-0.15, -0.1) is 0 Å². The fourth-order valence-corrected chi connectivity index (χ4v) is 7.45. The molecule has 4 nitrogen and oxygen atoms in total. The second-order valence-electron chi connectivity index (χ2n) is 13.6. The van der Waals surface area contributed by atoms with Gasteiger partial charge in [0.15, 0.2) is 17.5 Å². The summed E-state index contributed by atoms with van der Waals surface area (Å²) in [5, 5.41) is 2.30. The Bertz CT molecular complexity index is 2840. The first-order valence-corrected chi connectivity index (χ1v) is 18.4. The van der Waals surface area contributed by atoms with Crippen molar-refractivity contribution in [3.63, 3.8) is 0 Å². The second kappa shape index (κ2) is 13.8. The number of hydrogen-bond donors (Lipinski definition) is 0. The lowest BCUT2D eigenvalue weighted by Crippen LogP contribution is -2.04. The number of hydrogen-bond acceptors (Lipinski definition) is 3. The van der Waals surface area contributed by atoms with Crippen molar-refractivity contribution in [3.05, 3.63) is 206 Å². The van der Waals surface area contributed by atoms with Crippen molar-refractivity contribution in [1.82, 2.24) is 19.5 Å². The summed E-state index contributed by atoms with van der Waals surface area (Å²) in [4.78, 5) is 15.6. The van der Waals surface area contributed by atoms with E-state index in [1.807, 2.05) is 36.4 Å². The van der Waals surface area contributed by atoms with Gasteiger partial charge in [-0.3, -0.25) is 0 Å². The normalized spacial score (nSPS) is 11.5. The Morgan fingerprint density at radius 3 is 1.16 bits per heavy atom. The molecule has 2 aromatic heterocycles. The molecule has 0 radical (unpaired) electrons. The lowest BCUT2D eigenvalue weighted by atomic mass is 10.0. The Morgan fingerprint density at radius 1 is 0.327 bits per heavy atom. The number of aromatic nitrogens is 4. The Hall–Kier alpha value is -7.43. The van der Waals surface area contributed by atoms with Crippen LogP contribution in [0.25, 0.3) is 95.0 Å². The van der Waals surface area contributed by atoms with E-state index in [1.165, 1.54) is 0 Å². The molecule has 0 aliphatic heterocycles. The van der Waals surface area contributed by atoms with Gasteiger partial charge < -0.3 is 4.57 Å². The molecule has 0 amide bonds. The summed E-state index contributed by atoms with van der Waals surface area (Å²) in [6.07, 6.45) is 0. The zero-order chi connectivity index (χ0) is 37.4. The molecular formula is C51H34N4. The molecule has 2 heterocycles. The van der Waals surface area contributed by atoms with Crippen LogP contribution in [-0.2, 0) is 0 Å². The summed E-state index contributed by atoms with van der Waals surface area (Å²) in [7, 11) is 0. The van der Waals surface area contributed by atoms with Crippen molar-refractivity contribution in [3.8, 4) is 73.2 Å². The molecule has 0 saturated heterocycles. The number of fused-ring (bicyclic) bond motifs is 3. The van der Waals surface area contributed by atoms with Crippen molar-refractivity contribution in [2.45, 2.75) is 0 Å². The third-order valence-electron chi connectivity index (χ3n) is 10.2. The highest BCUT2D eigenvalue weighted by Crippen LogP contribution is 2.38. The summed E-state index contributed by atoms with van der Waals surface area (Å²) in [6, 6.07) is 69.0. The van der Waals surface area contributed by atoms with Crippen molar-refractivity contribution in [2.75, 3.05) is 0 Å². The molecule has 8 aromatic carbocycles. The Morgan fingerprint density at radius 2 is 0.691 bits per heavy atom. The first-order chi connectivity index (χ1) is 27.7. The number of nitrogens with zero attached hydrogens (tertiary/aromatic N) is 4. The summed E-state index contributed by atoms with van der Waals surface area (Å²) >= 11 is 0. The topological polar surface area (TPSA) is 43.6 Å². The van der Waals surface area contributed by atoms with Gasteiger partial charge in [0, 0.05) is 27.5 Å². The summed E-state index contributed by atoms with van der Waals surface area (Å²) < 4.78 is 11.7. The van der Waals surface area contributed by atoms with Crippen LogP contribution in [0.15, 0.2) is 206 Å². The molecule has 55 heavy (non-hydrogen) atoms. The summed E-state index contributed by atoms with van der Waals surface area (Å²) in [5.74, 6) is 1.61. The van der Waals surface area contributed by atoms with Crippen LogP contribution in [0.2, 0.25) is 0 Å². The lowest BCUT2D eigenvalue weighted by molar-refractivity contribution is 1.06. The van der Waals surface area contributed by atoms with E-state index in [-0.39, 0.29) is 0 Å². The quantitative estimate of drug-likeness (QED) is 0.166. The van der Waals surface area contributed by atoms with Crippen LogP contribution in [0.5, 0.6) is 0 Å². The minimum Gasteiger partial charge on any atom is -0.308 e. The molecule has 0 spiro atoms. The molecule has 0 atom stereocenters. The lowest BCUT2D eigenvalue weighted by Gasteiger charge is -2.16. The van der Waals surface area contributed by atoms with Crippen molar-refractivity contribution in [2.24, 2.45) is 0 Å². The van der Waals surface area contributed by atoms with Crippen LogP contribution in [0.1, 0.15) is 1.37 Å². The fourth-order valence-electron chi connectivity index (χ4n) is 7.45. The average molecular weight is 704 g/mol. The molecule has 0 aliphatic rings. The van der Waals surface area contributed by atoms with Gasteiger partial charge in [-0.05, 0) is 57.6 Å². The van der Waals surface area contributed by atoms with E-state index in [0.29, 0.717) is 23.5 Å². The minimum absolute atomic E-state index is 0.388. The first-order valence-electron chi connectivity index (χ1n) is 18.9. The molecule has 10 rings (SSSR count). The maximum absolute atomic E-state index is 9.41. The molecule has 0 N–H and O–H groups in total. The van der Waals surface area contributed by atoms with Gasteiger partial charge in [0.05, 0.1) is 18.1 Å². The standard InChI is InChI=1S/C51H34N4/c1-4-14-35(15-5-1)38-24-28-40(29-25-38)49-52-50(41-30-26-39(27-31-41)36-16-6-2-7-17-36)54-51(53-49)45-33-32-42(37-18-8-3-9-19-37)34-48(45)55-46-22-12-10-20-43(46)44-21-11-13-23-47(44)55/h1-34H/i32D. The zero-order valence-corrected chi connectivity index (χ0v) is 29.8. The Kier molecular flexibility index (Phi) is 7.84. The van der Waals surface area contributed by atoms with Gasteiger partial charge in [-0.25, -0.2) is 15.0 Å². The monoisotopic (exact) mass is 703 g/mol. The average Bonchev–Trinajstić information content (AvgIpc) is 3.61. The predicted octanol–water partition coefficient (Wildman–Crippen LogP) is 13.0. The maximum atomic E-state index is 9.41. The van der Waals surface area contributed by atoms with Crippen LogP contribution in [0.4, 0.5) is 0 Å². The Labute approximate surface area is 321 Å². The number of rotatable bonds is 7. The van der Waals surface area contributed by atoms with E-state index in [2.05, 4.69) is 168 Å². The minimum atomic E-state index is 0.388. The van der Waals surface area contributed by atoms with Gasteiger partial charge in [0.1, 0.15) is 0 Å². The molecule has 0 saturated carbocycles. The van der Waals surface area contributed by atoms with Crippen molar-refractivity contribution in [1.29, 1.82) is 0 Å². The van der Waals surface area contributed by atoms with E-state index in [0.717, 1.165) is 77.6 Å². The maximum Gasteiger partial charge on any atom is 0.166 e. The molecule has 4 heteroatoms. The predicted molar refractivity (Wildman–Crippen MR) is 227 cm³/mol. The van der Waals surface area contributed by atoms with Crippen LogP contribution in [-0.4, -0.2) is 19.5 Å². The van der Waals surface area contributed by atoms with E-state index in [4.69, 9.17) is 15.0 Å². The van der Waals surface area contributed by atoms with Gasteiger partial charge >= 0.3 is 0 Å². The Balaban J connectivity index is 1.21. The highest BCUT2D eigenvalue weighted by molar-refractivity contribution is 6.09. The van der Waals surface area contributed by atoms with Crippen molar-refractivity contribution >= 4 is 21.8 Å². The van der Waals surface area contributed by atoms with Crippen LogP contribution in [0.3, 0.4) is 0 Å². The molecule has 0 bridgehead atoms. The summed E-state index contributed by atoms with van der Waals surface area (Å²) in [6.45, 7) is 0. The highest BCUT2D eigenvalue weighted by atomic mass is 15.1. The van der Waals surface area contributed by atoms with Crippen LogP contribution < -0.4 is 0 Å². The van der Waals surface area contributed by atoms with Crippen LogP contribution in [0, 0.1) is 0 Å². The van der Waals surface area contributed by atoms with Crippen molar-refractivity contribution < 1.29 is 1.37 Å². The van der Waals surface area contributed by atoms with Crippen LogP contribution >= 0.6 is 0 Å². The molecule has 0 aliphatic carbocycles. The second-order valence-corrected chi connectivity index (χ2v) is 13.6. The number of benzene rings is 8.